The second kappa shape index (κ2) is 3.75. The highest BCUT2D eigenvalue weighted by Crippen LogP contribution is 2.48. The largest absolute Gasteiger partial charge is 0.479 e. The third kappa shape index (κ3) is 2.71. The highest BCUT2D eigenvalue weighted by Gasteiger charge is 2.43. The minimum Gasteiger partial charge on any atom is -0.479 e. The Labute approximate surface area is 77.1 Å². The lowest BCUT2D eigenvalue weighted by Gasteiger charge is -2.13. The maximum Gasteiger partial charge on any atom is 0.332 e. The summed E-state index contributed by atoms with van der Waals surface area (Å²) < 4.78 is 5.13. The number of carboxylic acids is 1. The quantitative estimate of drug-likeness (QED) is 0.694. The Morgan fingerprint density at radius 3 is 2.77 bits per heavy atom. The highest BCUT2D eigenvalue weighted by atomic mass is 16.5. The van der Waals surface area contributed by atoms with Crippen LogP contribution in [0.2, 0.25) is 0 Å². The molecule has 0 aromatic carbocycles. The smallest absolute Gasteiger partial charge is 0.332 e. The summed E-state index contributed by atoms with van der Waals surface area (Å²) in [5.74, 6) is -0.951. The molecule has 1 fully saturated rings. The molecule has 0 unspecified atom stereocenters. The van der Waals surface area contributed by atoms with E-state index < -0.39 is 12.1 Å². The Bertz CT molecular complexity index is 240. The van der Waals surface area contributed by atoms with Crippen molar-refractivity contribution in [3.8, 4) is 6.07 Å². The molecule has 1 N–H and O–H groups in total. The van der Waals surface area contributed by atoms with Crippen molar-refractivity contribution in [2.75, 3.05) is 6.61 Å². The zero-order chi connectivity index (χ0) is 9.90. The molecule has 1 aliphatic rings. The van der Waals surface area contributed by atoms with Crippen molar-refractivity contribution in [3.05, 3.63) is 0 Å². The Balaban J connectivity index is 2.27. The average molecular weight is 183 g/mol. The Morgan fingerprint density at radius 2 is 2.38 bits per heavy atom. The molecule has 0 radical (unpaired) electrons. The standard InChI is InChI=1S/C9H13NO3/c1-7(8(11)12)13-6-9(2-3-9)4-5-10/h7H,2-4,6H2,1H3,(H,11,12)/t7-/m0/s1. The molecule has 0 amide bonds. The topological polar surface area (TPSA) is 70.3 Å². The minimum atomic E-state index is -0.951. The zero-order valence-electron chi connectivity index (χ0n) is 7.62. The molecule has 0 saturated heterocycles. The number of hydrogen-bond acceptors (Lipinski definition) is 3. The lowest BCUT2D eigenvalue weighted by molar-refractivity contribution is -0.150. The molecular weight excluding hydrogens is 170 g/mol. The fourth-order valence-electron chi connectivity index (χ4n) is 1.09. The molecule has 72 valence electrons. The zero-order valence-corrected chi connectivity index (χ0v) is 7.62. The lowest BCUT2D eigenvalue weighted by Crippen LogP contribution is -2.23. The average Bonchev–Trinajstić information content (AvgIpc) is 2.82. The van der Waals surface area contributed by atoms with Gasteiger partial charge in [0, 0.05) is 11.8 Å². The molecule has 4 heteroatoms. The first-order valence-corrected chi connectivity index (χ1v) is 4.31. The molecule has 0 bridgehead atoms. The summed E-state index contributed by atoms with van der Waals surface area (Å²) >= 11 is 0. The monoisotopic (exact) mass is 183 g/mol. The summed E-state index contributed by atoms with van der Waals surface area (Å²) in [6.45, 7) is 1.90. The highest BCUT2D eigenvalue weighted by molar-refractivity contribution is 5.71. The molecule has 1 saturated carbocycles. The van der Waals surface area contributed by atoms with E-state index in [0.29, 0.717) is 13.0 Å². The van der Waals surface area contributed by atoms with Crippen LogP contribution in [0.1, 0.15) is 26.2 Å². The van der Waals surface area contributed by atoms with E-state index >= 15 is 0 Å². The van der Waals surface area contributed by atoms with E-state index in [1.54, 1.807) is 0 Å². The van der Waals surface area contributed by atoms with Gasteiger partial charge in [-0.25, -0.2) is 4.79 Å². The number of rotatable bonds is 5. The Kier molecular flexibility index (Phi) is 2.89. The fraction of sp³-hybridized carbons (Fsp3) is 0.778. The van der Waals surface area contributed by atoms with Gasteiger partial charge in [0.1, 0.15) is 0 Å². The molecule has 4 nitrogen and oxygen atoms in total. The van der Waals surface area contributed by atoms with E-state index in [9.17, 15) is 4.79 Å². The van der Waals surface area contributed by atoms with Crippen LogP contribution in [0.4, 0.5) is 0 Å². The summed E-state index contributed by atoms with van der Waals surface area (Å²) in [5, 5.41) is 17.0. The summed E-state index contributed by atoms with van der Waals surface area (Å²) in [5.41, 5.74) is -0.0293. The van der Waals surface area contributed by atoms with Gasteiger partial charge in [-0.05, 0) is 19.8 Å². The molecular formula is C9H13NO3. The third-order valence-corrected chi connectivity index (χ3v) is 2.40. The van der Waals surface area contributed by atoms with Crippen LogP contribution in [0.3, 0.4) is 0 Å². The number of hydrogen-bond donors (Lipinski definition) is 1. The second-order valence-electron chi connectivity index (χ2n) is 3.63. The summed E-state index contributed by atoms with van der Waals surface area (Å²) in [4.78, 5) is 10.4. The number of nitriles is 1. The predicted molar refractivity (Wildman–Crippen MR) is 44.9 cm³/mol. The van der Waals surface area contributed by atoms with Crippen molar-refractivity contribution in [2.24, 2.45) is 5.41 Å². The first kappa shape index (κ1) is 10.0. The van der Waals surface area contributed by atoms with Crippen molar-refractivity contribution in [1.82, 2.24) is 0 Å². The SMILES string of the molecule is C[C@H](OCC1(CC#N)CC1)C(=O)O. The number of nitrogens with zero attached hydrogens (tertiary/aromatic N) is 1. The molecule has 0 aromatic heterocycles. The van der Waals surface area contributed by atoms with Crippen molar-refractivity contribution in [1.29, 1.82) is 5.26 Å². The van der Waals surface area contributed by atoms with Crippen LogP contribution < -0.4 is 0 Å². The molecule has 1 rings (SSSR count). The first-order chi connectivity index (χ1) is 6.09. The number of carbonyl (C=O) groups is 1. The van der Waals surface area contributed by atoms with Gasteiger partial charge in [0.25, 0.3) is 0 Å². The van der Waals surface area contributed by atoms with Gasteiger partial charge in [-0.1, -0.05) is 0 Å². The van der Waals surface area contributed by atoms with Crippen LogP contribution in [0.15, 0.2) is 0 Å². The normalized spacial score (nSPS) is 20.3. The van der Waals surface area contributed by atoms with Gasteiger partial charge in [0.2, 0.25) is 0 Å². The summed E-state index contributed by atoms with van der Waals surface area (Å²) in [7, 11) is 0. The minimum absolute atomic E-state index is 0.0293. The molecule has 1 aliphatic carbocycles. The van der Waals surface area contributed by atoms with E-state index in [1.165, 1.54) is 6.92 Å². The van der Waals surface area contributed by atoms with Gasteiger partial charge in [-0.2, -0.15) is 5.26 Å². The predicted octanol–water partition coefficient (Wildman–Crippen LogP) is 1.17. The molecule has 1 atom stereocenters. The van der Waals surface area contributed by atoms with Crippen LogP contribution in [0.5, 0.6) is 0 Å². The van der Waals surface area contributed by atoms with Crippen LogP contribution in [0.25, 0.3) is 0 Å². The van der Waals surface area contributed by atoms with Gasteiger partial charge >= 0.3 is 5.97 Å². The molecule has 13 heavy (non-hydrogen) atoms. The van der Waals surface area contributed by atoms with E-state index in [1.807, 2.05) is 0 Å². The first-order valence-electron chi connectivity index (χ1n) is 4.31. The maximum atomic E-state index is 10.4. The number of ether oxygens (including phenoxy) is 1. The lowest BCUT2D eigenvalue weighted by atomic mass is 10.1. The molecule has 0 aliphatic heterocycles. The molecule has 0 heterocycles. The van der Waals surface area contributed by atoms with Gasteiger partial charge in [0.05, 0.1) is 12.7 Å². The van der Waals surface area contributed by atoms with Crippen molar-refractivity contribution in [2.45, 2.75) is 32.3 Å². The fourth-order valence-corrected chi connectivity index (χ4v) is 1.09. The van der Waals surface area contributed by atoms with Gasteiger partial charge in [-0.3, -0.25) is 0 Å². The number of carboxylic acid groups (broad SMARTS) is 1. The molecule has 0 aromatic rings. The van der Waals surface area contributed by atoms with Crippen molar-refractivity contribution >= 4 is 5.97 Å². The van der Waals surface area contributed by atoms with Crippen LogP contribution >= 0.6 is 0 Å². The van der Waals surface area contributed by atoms with Gasteiger partial charge in [0.15, 0.2) is 6.10 Å². The maximum absolute atomic E-state index is 10.4. The third-order valence-electron chi connectivity index (χ3n) is 2.40. The van der Waals surface area contributed by atoms with Crippen LogP contribution in [-0.2, 0) is 9.53 Å². The second-order valence-corrected chi connectivity index (χ2v) is 3.63. The van der Waals surface area contributed by atoms with E-state index in [-0.39, 0.29) is 5.41 Å². The molecule has 0 spiro atoms. The van der Waals surface area contributed by atoms with E-state index in [2.05, 4.69) is 6.07 Å². The van der Waals surface area contributed by atoms with Crippen LogP contribution in [0, 0.1) is 16.7 Å². The van der Waals surface area contributed by atoms with E-state index in [0.717, 1.165) is 12.8 Å². The van der Waals surface area contributed by atoms with Crippen LogP contribution in [-0.4, -0.2) is 23.8 Å². The summed E-state index contributed by atoms with van der Waals surface area (Å²) in [6.07, 6.45) is 1.66. The van der Waals surface area contributed by atoms with Crippen molar-refractivity contribution in [3.63, 3.8) is 0 Å². The van der Waals surface area contributed by atoms with E-state index in [4.69, 9.17) is 15.1 Å². The Morgan fingerprint density at radius 1 is 1.77 bits per heavy atom. The van der Waals surface area contributed by atoms with Gasteiger partial charge in [-0.15, -0.1) is 0 Å². The summed E-state index contributed by atoms with van der Waals surface area (Å²) in [6, 6.07) is 2.10. The van der Waals surface area contributed by atoms with Gasteiger partial charge < -0.3 is 9.84 Å². The van der Waals surface area contributed by atoms with Crippen molar-refractivity contribution < 1.29 is 14.6 Å². The Hall–Kier alpha value is -1.08. The number of aliphatic carboxylic acids is 1.